The highest BCUT2D eigenvalue weighted by Gasteiger charge is 2.46. The molecule has 2 aromatic carbocycles. The van der Waals surface area contributed by atoms with Gasteiger partial charge in [0.1, 0.15) is 0 Å². The minimum absolute atomic E-state index is 0.275. The van der Waals surface area contributed by atoms with Crippen molar-refractivity contribution in [2.75, 3.05) is 10.6 Å². The molecule has 2 aromatic rings. The van der Waals surface area contributed by atoms with Gasteiger partial charge in [0.25, 0.3) is 0 Å². The molecule has 4 nitrogen and oxygen atoms in total. The van der Waals surface area contributed by atoms with Crippen LogP contribution in [0.1, 0.15) is 30.9 Å². The second kappa shape index (κ2) is 6.23. The molecule has 1 aliphatic carbocycles. The molecular formula is C20H20N2O2S. The molecule has 0 fully saturated rings. The van der Waals surface area contributed by atoms with E-state index in [1.54, 1.807) is 6.92 Å². The average Bonchev–Trinajstić information content (AvgIpc) is 2.63. The number of para-hydroxylation sites is 1. The van der Waals surface area contributed by atoms with Gasteiger partial charge < -0.3 is 10.6 Å². The highest BCUT2D eigenvalue weighted by atomic mass is 32.2. The number of fused-ring (bicyclic) bond motifs is 2. The van der Waals surface area contributed by atoms with E-state index in [-0.39, 0.29) is 11.8 Å². The van der Waals surface area contributed by atoms with Gasteiger partial charge in [-0.3, -0.25) is 9.59 Å². The first-order valence-electron chi connectivity index (χ1n) is 8.59. The normalized spacial score (nSPS) is 21.7. The number of thioether (sulfide) groups is 1. The molecule has 2 amide bonds. The SMILES string of the molecule is CC1(C(=O)Nc2cccc3c2CCCC3)Sc2ccccc2NC1=O. The Bertz CT molecular complexity index is 865. The van der Waals surface area contributed by atoms with Gasteiger partial charge in [-0.05, 0) is 61.9 Å². The van der Waals surface area contributed by atoms with Gasteiger partial charge in [-0.25, -0.2) is 0 Å². The molecule has 1 atom stereocenters. The lowest BCUT2D eigenvalue weighted by molar-refractivity contribution is -0.126. The van der Waals surface area contributed by atoms with E-state index >= 15 is 0 Å². The maximum atomic E-state index is 13.0. The third-order valence-electron chi connectivity index (χ3n) is 4.96. The van der Waals surface area contributed by atoms with E-state index in [0.29, 0.717) is 0 Å². The summed E-state index contributed by atoms with van der Waals surface area (Å²) in [4.78, 5) is 26.5. The number of nitrogens with one attached hydrogen (secondary N) is 2. The molecule has 4 rings (SSSR count). The Balaban J connectivity index is 1.62. The number of hydrogen-bond acceptors (Lipinski definition) is 3. The second-order valence-electron chi connectivity index (χ2n) is 6.69. The summed E-state index contributed by atoms with van der Waals surface area (Å²) in [5.74, 6) is -0.554. The van der Waals surface area contributed by atoms with Crippen molar-refractivity contribution in [2.45, 2.75) is 42.2 Å². The van der Waals surface area contributed by atoms with Crippen molar-refractivity contribution in [3.63, 3.8) is 0 Å². The van der Waals surface area contributed by atoms with Crippen molar-refractivity contribution in [1.29, 1.82) is 0 Å². The van der Waals surface area contributed by atoms with Crippen LogP contribution < -0.4 is 10.6 Å². The van der Waals surface area contributed by atoms with E-state index in [1.807, 2.05) is 36.4 Å². The van der Waals surface area contributed by atoms with Crippen LogP contribution in [-0.4, -0.2) is 16.6 Å². The molecule has 128 valence electrons. The highest BCUT2D eigenvalue weighted by Crippen LogP contribution is 2.43. The minimum Gasteiger partial charge on any atom is -0.324 e. The van der Waals surface area contributed by atoms with Crippen molar-refractivity contribution in [1.82, 2.24) is 0 Å². The van der Waals surface area contributed by atoms with E-state index in [9.17, 15) is 9.59 Å². The van der Waals surface area contributed by atoms with Gasteiger partial charge in [0.05, 0.1) is 5.69 Å². The Morgan fingerprint density at radius 3 is 2.80 bits per heavy atom. The van der Waals surface area contributed by atoms with Gasteiger partial charge in [0.2, 0.25) is 11.8 Å². The van der Waals surface area contributed by atoms with Crippen molar-refractivity contribution >= 4 is 35.0 Å². The largest absolute Gasteiger partial charge is 0.324 e. The van der Waals surface area contributed by atoms with Crippen LogP contribution in [0.2, 0.25) is 0 Å². The zero-order valence-electron chi connectivity index (χ0n) is 14.1. The number of carbonyl (C=O) groups is 2. The third-order valence-corrected chi connectivity index (χ3v) is 6.32. The molecule has 2 aliphatic rings. The Kier molecular flexibility index (Phi) is 4.04. The van der Waals surface area contributed by atoms with Crippen LogP contribution >= 0.6 is 11.8 Å². The van der Waals surface area contributed by atoms with Crippen molar-refractivity contribution in [3.8, 4) is 0 Å². The van der Waals surface area contributed by atoms with Crippen molar-refractivity contribution < 1.29 is 9.59 Å². The Morgan fingerprint density at radius 1 is 1.12 bits per heavy atom. The predicted octanol–water partition coefficient (Wildman–Crippen LogP) is 4.01. The maximum Gasteiger partial charge on any atom is 0.250 e. The summed E-state index contributed by atoms with van der Waals surface area (Å²) in [6.45, 7) is 1.69. The Hall–Kier alpha value is -2.27. The molecule has 1 aliphatic heterocycles. The van der Waals surface area contributed by atoms with Gasteiger partial charge in [-0.15, -0.1) is 0 Å². The quantitative estimate of drug-likeness (QED) is 0.803. The van der Waals surface area contributed by atoms with E-state index in [2.05, 4.69) is 16.7 Å². The van der Waals surface area contributed by atoms with Crippen molar-refractivity contribution in [3.05, 3.63) is 53.6 Å². The first-order valence-corrected chi connectivity index (χ1v) is 9.41. The van der Waals surface area contributed by atoms with E-state index in [0.717, 1.165) is 35.5 Å². The maximum absolute atomic E-state index is 13.0. The predicted molar refractivity (Wildman–Crippen MR) is 101 cm³/mol. The molecule has 2 N–H and O–H groups in total. The molecule has 25 heavy (non-hydrogen) atoms. The smallest absolute Gasteiger partial charge is 0.250 e. The molecule has 0 radical (unpaired) electrons. The van der Waals surface area contributed by atoms with Crippen LogP contribution in [0.3, 0.4) is 0 Å². The first kappa shape index (κ1) is 16.2. The summed E-state index contributed by atoms with van der Waals surface area (Å²) in [5.41, 5.74) is 4.13. The topological polar surface area (TPSA) is 58.2 Å². The molecule has 0 saturated heterocycles. The fourth-order valence-electron chi connectivity index (χ4n) is 3.46. The monoisotopic (exact) mass is 352 g/mol. The van der Waals surface area contributed by atoms with Crippen LogP contribution in [0, 0.1) is 0 Å². The first-order chi connectivity index (χ1) is 12.1. The summed E-state index contributed by atoms with van der Waals surface area (Å²) >= 11 is 1.31. The number of rotatable bonds is 2. The van der Waals surface area contributed by atoms with Gasteiger partial charge in [-0.2, -0.15) is 0 Å². The van der Waals surface area contributed by atoms with E-state index in [1.165, 1.54) is 29.3 Å². The molecule has 1 heterocycles. The lowest BCUT2D eigenvalue weighted by Gasteiger charge is -2.32. The van der Waals surface area contributed by atoms with Crippen LogP contribution in [0.4, 0.5) is 11.4 Å². The van der Waals surface area contributed by atoms with Gasteiger partial charge in [0.15, 0.2) is 4.75 Å². The summed E-state index contributed by atoms with van der Waals surface area (Å²) < 4.78 is -1.19. The van der Waals surface area contributed by atoms with Crippen LogP contribution in [-0.2, 0) is 22.4 Å². The highest BCUT2D eigenvalue weighted by molar-refractivity contribution is 8.02. The Labute approximate surface area is 151 Å². The Morgan fingerprint density at radius 2 is 1.92 bits per heavy atom. The molecule has 0 aromatic heterocycles. The zero-order chi connectivity index (χ0) is 17.4. The number of hydrogen-bond donors (Lipinski definition) is 2. The summed E-state index contributed by atoms with van der Waals surface area (Å²) in [5, 5.41) is 5.88. The summed E-state index contributed by atoms with van der Waals surface area (Å²) in [6, 6.07) is 13.6. The minimum atomic E-state index is -1.19. The summed E-state index contributed by atoms with van der Waals surface area (Å²) in [7, 11) is 0. The standard InChI is InChI=1S/C20H20N2O2S/c1-20(19(24)22-16-10-4-5-12-17(16)25-20)18(23)21-15-11-6-8-13-7-2-3-9-14(13)15/h4-6,8,10-12H,2-3,7,9H2,1H3,(H,21,23)(H,22,24). The number of amides is 2. The molecule has 1 unspecified atom stereocenters. The number of aryl methyl sites for hydroxylation is 1. The lowest BCUT2D eigenvalue weighted by Crippen LogP contribution is -2.49. The molecule has 5 heteroatoms. The average molecular weight is 352 g/mol. The molecule has 0 bridgehead atoms. The third kappa shape index (κ3) is 2.82. The van der Waals surface area contributed by atoms with E-state index < -0.39 is 4.75 Å². The van der Waals surface area contributed by atoms with Gasteiger partial charge in [-0.1, -0.05) is 36.0 Å². The van der Waals surface area contributed by atoms with Gasteiger partial charge >= 0.3 is 0 Å². The van der Waals surface area contributed by atoms with Crippen LogP contribution in [0.5, 0.6) is 0 Å². The number of anilines is 2. The second-order valence-corrected chi connectivity index (χ2v) is 8.15. The summed E-state index contributed by atoms with van der Waals surface area (Å²) in [6.07, 6.45) is 4.36. The zero-order valence-corrected chi connectivity index (χ0v) is 14.9. The van der Waals surface area contributed by atoms with Crippen LogP contribution in [0.25, 0.3) is 0 Å². The van der Waals surface area contributed by atoms with Crippen LogP contribution in [0.15, 0.2) is 47.4 Å². The van der Waals surface area contributed by atoms with E-state index in [4.69, 9.17) is 0 Å². The number of benzene rings is 2. The molecular weight excluding hydrogens is 332 g/mol. The van der Waals surface area contributed by atoms with Crippen molar-refractivity contribution in [2.24, 2.45) is 0 Å². The van der Waals surface area contributed by atoms with Gasteiger partial charge in [0, 0.05) is 10.6 Å². The fourth-order valence-corrected chi connectivity index (χ4v) is 4.56. The number of carbonyl (C=O) groups excluding carboxylic acids is 2. The fraction of sp³-hybridized carbons (Fsp3) is 0.300. The molecule has 0 spiro atoms. The molecule has 0 saturated carbocycles. The lowest BCUT2D eigenvalue weighted by atomic mass is 9.90.